The SMILES string of the molecule is C=CCC(Br)(Br)C(C)(Br)Br. The Balaban J connectivity index is 4.23. The molecule has 0 aromatic rings. The number of allylic oxidation sites excluding steroid dienone is 1. The summed E-state index contributed by atoms with van der Waals surface area (Å²) in [5.74, 6) is 0. The summed E-state index contributed by atoms with van der Waals surface area (Å²) in [4.78, 5) is 0. The average molecular weight is 400 g/mol. The van der Waals surface area contributed by atoms with Crippen molar-refractivity contribution >= 4 is 63.7 Å². The summed E-state index contributed by atoms with van der Waals surface area (Å²) in [5.41, 5.74) is 0. The smallest absolute Gasteiger partial charge is 0.103 e. The molecule has 0 bridgehead atoms. The lowest BCUT2D eigenvalue weighted by molar-refractivity contribution is 0.804. The zero-order chi connectivity index (χ0) is 8.41. The molecular weight excluding hydrogens is 392 g/mol. The van der Waals surface area contributed by atoms with E-state index >= 15 is 0 Å². The molecule has 60 valence electrons. The van der Waals surface area contributed by atoms with Crippen molar-refractivity contribution in [1.82, 2.24) is 0 Å². The normalized spacial score (nSPS) is 13.3. The Labute approximate surface area is 95.3 Å². The van der Waals surface area contributed by atoms with Crippen molar-refractivity contribution in [1.29, 1.82) is 0 Å². The van der Waals surface area contributed by atoms with Gasteiger partial charge >= 0.3 is 0 Å². The van der Waals surface area contributed by atoms with Crippen LogP contribution >= 0.6 is 63.7 Å². The molecule has 0 spiro atoms. The second-order valence-corrected chi connectivity index (χ2v) is 10.1. The van der Waals surface area contributed by atoms with E-state index in [2.05, 4.69) is 70.3 Å². The zero-order valence-corrected chi connectivity index (χ0v) is 11.8. The van der Waals surface area contributed by atoms with Crippen LogP contribution in [0, 0.1) is 0 Å². The molecule has 0 aliphatic heterocycles. The molecule has 10 heavy (non-hydrogen) atoms. The zero-order valence-electron chi connectivity index (χ0n) is 5.50. The fraction of sp³-hybridized carbons (Fsp3) is 0.667. The lowest BCUT2D eigenvalue weighted by Gasteiger charge is -2.29. The Morgan fingerprint density at radius 1 is 1.30 bits per heavy atom. The number of alkyl halides is 4. The summed E-state index contributed by atoms with van der Waals surface area (Å²) in [6, 6.07) is 0. The number of hydrogen-bond donors (Lipinski definition) is 0. The summed E-state index contributed by atoms with van der Waals surface area (Å²) < 4.78 is -0.337. The van der Waals surface area contributed by atoms with Crippen molar-refractivity contribution in [3.63, 3.8) is 0 Å². The van der Waals surface area contributed by atoms with Crippen LogP contribution in [-0.2, 0) is 0 Å². The summed E-state index contributed by atoms with van der Waals surface area (Å²) in [5, 5.41) is 0. The van der Waals surface area contributed by atoms with E-state index in [0.717, 1.165) is 6.42 Å². The monoisotopic (exact) mass is 396 g/mol. The standard InChI is InChI=1S/C6H8Br4/c1-3-4-6(9,10)5(2,7)8/h3H,1,4H2,2H3. The molecule has 0 aromatic carbocycles. The van der Waals surface area contributed by atoms with E-state index in [4.69, 9.17) is 0 Å². The summed E-state index contributed by atoms with van der Waals surface area (Å²) in [7, 11) is 0. The molecule has 0 amide bonds. The minimum absolute atomic E-state index is 0.165. The van der Waals surface area contributed by atoms with E-state index in [1.54, 1.807) is 0 Å². The van der Waals surface area contributed by atoms with Gasteiger partial charge in [-0.3, -0.25) is 0 Å². The van der Waals surface area contributed by atoms with Gasteiger partial charge < -0.3 is 0 Å². The first kappa shape index (κ1) is 11.7. The van der Waals surface area contributed by atoms with Crippen LogP contribution in [0.15, 0.2) is 12.7 Å². The van der Waals surface area contributed by atoms with Gasteiger partial charge in [0.1, 0.15) is 6.47 Å². The van der Waals surface area contributed by atoms with Crippen LogP contribution < -0.4 is 0 Å². The molecule has 0 saturated heterocycles. The van der Waals surface area contributed by atoms with Gasteiger partial charge in [0.05, 0.1) is 0 Å². The predicted molar refractivity (Wildman–Crippen MR) is 61.7 cm³/mol. The topological polar surface area (TPSA) is 0 Å². The Kier molecular flexibility index (Phi) is 4.73. The summed E-state index contributed by atoms with van der Waals surface area (Å²) in [6.07, 6.45) is 2.68. The maximum Gasteiger partial charge on any atom is 0.109 e. The molecule has 0 saturated carbocycles. The Morgan fingerprint density at radius 3 is 1.80 bits per heavy atom. The number of halogens is 4. The maximum absolute atomic E-state index is 3.66. The number of hydrogen-bond acceptors (Lipinski definition) is 0. The Morgan fingerprint density at radius 2 is 1.70 bits per heavy atom. The van der Waals surface area contributed by atoms with Crippen molar-refractivity contribution < 1.29 is 0 Å². The van der Waals surface area contributed by atoms with Gasteiger partial charge in [-0.25, -0.2) is 0 Å². The molecule has 0 nitrogen and oxygen atoms in total. The first-order chi connectivity index (χ1) is 4.31. The van der Waals surface area contributed by atoms with Crippen LogP contribution in [0.2, 0.25) is 0 Å². The van der Waals surface area contributed by atoms with Gasteiger partial charge in [-0.2, -0.15) is 0 Å². The van der Waals surface area contributed by atoms with Crippen molar-refractivity contribution in [3.8, 4) is 0 Å². The van der Waals surface area contributed by atoms with E-state index in [0.29, 0.717) is 0 Å². The highest BCUT2D eigenvalue weighted by atomic mass is 79.9. The molecule has 0 aromatic heterocycles. The van der Waals surface area contributed by atoms with E-state index in [-0.39, 0.29) is 6.47 Å². The van der Waals surface area contributed by atoms with Gasteiger partial charge in [0.25, 0.3) is 0 Å². The van der Waals surface area contributed by atoms with Crippen molar-refractivity contribution in [2.75, 3.05) is 0 Å². The van der Waals surface area contributed by atoms with E-state index < -0.39 is 0 Å². The van der Waals surface area contributed by atoms with E-state index in [9.17, 15) is 0 Å². The molecule has 0 heterocycles. The van der Waals surface area contributed by atoms with E-state index in [1.807, 2.05) is 13.0 Å². The predicted octanol–water partition coefficient (Wildman–Crippen LogP) is 4.55. The highest BCUT2D eigenvalue weighted by Gasteiger charge is 2.39. The first-order valence-corrected chi connectivity index (χ1v) is 5.85. The highest BCUT2D eigenvalue weighted by Crippen LogP contribution is 2.50. The lowest BCUT2D eigenvalue weighted by Crippen LogP contribution is -2.30. The first-order valence-electron chi connectivity index (χ1n) is 2.68. The summed E-state index contributed by atoms with van der Waals surface area (Å²) >= 11 is 14.0. The molecule has 0 aliphatic rings. The van der Waals surface area contributed by atoms with Crippen LogP contribution in [0.1, 0.15) is 13.3 Å². The van der Waals surface area contributed by atoms with E-state index in [1.165, 1.54) is 0 Å². The molecule has 4 heteroatoms. The lowest BCUT2D eigenvalue weighted by atomic mass is 10.2. The molecule has 0 unspecified atom stereocenters. The molecule has 0 fully saturated rings. The third-order valence-corrected chi connectivity index (χ3v) is 6.76. The average Bonchev–Trinajstić information content (AvgIpc) is 1.61. The highest BCUT2D eigenvalue weighted by molar-refractivity contribution is 9.30. The second-order valence-electron chi connectivity index (χ2n) is 2.09. The van der Waals surface area contributed by atoms with Gasteiger partial charge in [-0.1, -0.05) is 69.8 Å². The van der Waals surface area contributed by atoms with Crippen molar-refractivity contribution in [2.45, 2.75) is 19.8 Å². The maximum atomic E-state index is 3.66. The van der Waals surface area contributed by atoms with Gasteiger partial charge in [-0.15, -0.1) is 6.58 Å². The molecule has 0 rings (SSSR count). The molecule has 0 atom stereocenters. The van der Waals surface area contributed by atoms with Crippen LogP contribution in [0.4, 0.5) is 0 Å². The Bertz CT molecular complexity index is 122. The fourth-order valence-corrected chi connectivity index (χ4v) is 1.14. The minimum atomic E-state index is -0.172. The van der Waals surface area contributed by atoms with Gasteiger partial charge in [0, 0.05) is 0 Å². The van der Waals surface area contributed by atoms with Gasteiger partial charge in [0.15, 0.2) is 0 Å². The third-order valence-electron chi connectivity index (χ3n) is 1.04. The molecular formula is C6H8Br4. The van der Waals surface area contributed by atoms with Crippen molar-refractivity contribution in [3.05, 3.63) is 12.7 Å². The van der Waals surface area contributed by atoms with Gasteiger partial charge in [0.2, 0.25) is 0 Å². The quantitative estimate of drug-likeness (QED) is 0.482. The Hall–Kier alpha value is 1.66. The fourth-order valence-electron chi connectivity index (χ4n) is 0.360. The largest absolute Gasteiger partial charge is 0.109 e. The van der Waals surface area contributed by atoms with Crippen LogP contribution in [0.5, 0.6) is 0 Å². The van der Waals surface area contributed by atoms with Crippen LogP contribution in [0.25, 0.3) is 0 Å². The van der Waals surface area contributed by atoms with Gasteiger partial charge in [-0.05, 0) is 13.3 Å². The van der Waals surface area contributed by atoms with Crippen LogP contribution in [0.3, 0.4) is 0 Å². The summed E-state index contributed by atoms with van der Waals surface area (Å²) in [6.45, 7) is 5.67. The number of rotatable bonds is 3. The van der Waals surface area contributed by atoms with Crippen molar-refractivity contribution in [2.24, 2.45) is 0 Å². The minimum Gasteiger partial charge on any atom is -0.103 e. The van der Waals surface area contributed by atoms with Crippen LogP contribution in [-0.4, -0.2) is 6.47 Å². The third kappa shape index (κ3) is 3.37. The molecule has 0 radical (unpaired) electrons. The second kappa shape index (κ2) is 4.06. The molecule has 0 aliphatic carbocycles. The molecule has 0 N–H and O–H groups in total.